The molecule has 4 bridgehead atoms. The summed E-state index contributed by atoms with van der Waals surface area (Å²) < 4.78 is 3.54. The summed E-state index contributed by atoms with van der Waals surface area (Å²) in [5.41, 5.74) is 6.32. The Hall–Kier alpha value is -4.94. The fourth-order valence-corrected chi connectivity index (χ4v) is 11.6. The van der Waals surface area contributed by atoms with E-state index in [4.69, 9.17) is 41.6 Å². The largest absolute Gasteiger partial charge is 0.643 e. The first-order valence-electron chi connectivity index (χ1n) is 14.1. The molecule has 0 saturated carbocycles. The second-order valence-corrected chi connectivity index (χ2v) is 14.8. The molecule has 10 heteroatoms. The zero-order valence-corrected chi connectivity index (χ0v) is 24.2. The second-order valence-electron chi connectivity index (χ2n) is 11.3. The third-order valence-corrected chi connectivity index (χ3v) is 13.0. The first-order chi connectivity index (χ1) is 21.2. The number of nitrogens with zero attached hydrogens (tertiary/aromatic N) is 8. The molecule has 2 aromatic heterocycles. The van der Waals surface area contributed by atoms with Gasteiger partial charge in [-0.2, -0.15) is 0 Å². The number of halogens is 1. The van der Waals surface area contributed by atoms with Gasteiger partial charge in [-0.25, -0.2) is 30.0 Å². The lowest BCUT2D eigenvalue weighted by molar-refractivity contribution is 0.688. The van der Waals surface area contributed by atoms with Crippen LogP contribution in [0.25, 0.3) is 21.5 Å². The first kappa shape index (κ1) is 22.6. The Balaban J connectivity index is 1.42. The minimum absolute atomic E-state index is 0.615. The molecule has 4 aromatic carbocycles. The summed E-state index contributed by atoms with van der Waals surface area (Å²) in [5, 5.41) is 4.03. The first-order valence-corrected chi connectivity index (χ1v) is 16.1. The number of benzene rings is 4. The lowest BCUT2D eigenvalue weighted by Gasteiger charge is -2.41. The van der Waals surface area contributed by atoms with Gasteiger partial charge in [0.2, 0.25) is 0 Å². The molecule has 5 aliphatic heterocycles. The highest BCUT2D eigenvalue weighted by Gasteiger charge is 2.65. The maximum atomic E-state index is 7.92. The Morgan fingerprint density at radius 3 is 1.56 bits per heavy atom. The predicted octanol–water partition coefficient (Wildman–Crippen LogP) is 4.74. The molecular weight excluding hydrogens is 571 g/mol. The predicted molar refractivity (Wildman–Crippen MR) is 169 cm³/mol. The van der Waals surface area contributed by atoms with E-state index in [9.17, 15) is 0 Å². The van der Waals surface area contributed by atoms with Crippen LogP contribution in [0, 0.1) is 0 Å². The van der Waals surface area contributed by atoms with E-state index in [1.807, 2.05) is 54.6 Å². The third kappa shape index (κ3) is 2.61. The average Bonchev–Trinajstić information content (AvgIpc) is 3.74. The second kappa shape index (κ2) is 7.52. The number of alkyl halides is 1. The van der Waals surface area contributed by atoms with Crippen molar-refractivity contribution in [3.63, 3.8) is 0 Å². The van der Waals surface area contributed by atoms with Crippen LogP contribution in [-0.2, 0) is 3.86 Å². The van der Waals surface area contributed by atoms with Gasteiger partial charge >= 0.3 is 14.6 Å². The molecule has 198 valence electrons. The van der Waals surface area contributed by atoms with Crippen molar-refractivity contribution in [3.8, 4) is 0 Å². The molecule has 0 aliphatic carbocycles. The lowest BCUT2D eigenvalue weighted by Crippen LogP contribution is -2.64. The maximum absolute atomic E-state index is 7.92. The molecule has 6 aromatic rings. The van der Waals surface area contributed by atoms with Crippen molar-refractivity contribution in [2.45, 2.75) is 3.86 Å². The van der Waals surface area contributed by atoms with Crippen LogP contribution in [0.2, 0.25) is 0 Å². The van der Waals surface area contributed by atoms with Gasteiger partial charge in [-0.3, -0.25) is 0 Å². The van der Waals surface area contributed by atoms with E-state index in [-0.39, 0.29) is 0 Å². The molecule has 0 amide bonds. The highest BCUT2D eigenvalue weighted by Crippen LogP contribution is 2.53. The van der Waals surface area contributed by atoms with Crippen molar-refractivity contribution in [1.29, 1.82) is 0 Å². The van der Waals surface area contributed by atoms with Crippen molar-refractivity contribution < 1.29 is 0 Å². The van der Waals surface area contributed by atoms with Gasteiger partial charge in [0, 0.05) is 49.5 Å². The van der Waals surface area contributed by atoms with E-state index in [1.54, 1.807) is 0 Å². The van der Waals surface area contributed by atoms with Gasteiger partial charge in [0.25, 0.3) is 0 Å². The normalized spacial score (nSPS) is 22.2. The maximum Gasteiger partial charge on any atom is 0.643 e. The van der Waals surface area contributed by atoms with Gasteiger partial charge in [0.05, 0.1) is 0 Å². The van der Waals surface area contributed by atoms with E-state index < -0.39 is 18.4 Å². The van der Waals surface area contributed by atoms with Crippen LogP contribution in [0.1, 0.15) is 27.9 Å². The molecular formula is C33H16AlClN8. The molecule has 0 fully saturated rings. The van der Waals surface area contributed by atoms with Gasteiger partial charge in [0.1, 0.15) is 16.8 Å². The molecule has 11 rings (SSSR count). The Bertz CT molecular complexity index is 2600. The molecule has 0 spiro atoms. The highest BCUT2D eigenvalue weighted by atomic mass is 35.5. The van der Waals surface area contributed by atoms with Gasteiger partial charge in [-0.1, -0.05) is 109 Å². The fourth-order valence-electron chi connectivity index (χ4n) is 7.26. The van der Waals surface area contributed by atoms with Crippen molar-refractivity contribution in [1.82, 2.24) is 7.10 Å². The lowest BCUT2D eigenvalue weighted by atomic mass is 10.1. The number of aromatic nitrogens is 2. The number of amidine groups is 4. The van der Waals surface area contributed by atoms with Crippen molar-refractivity contribution >= 4 is 76.9 Å². The third-order valence-electron chi connectivity index (χ3n) is 9.07. The molecule has 7 heterocycles. The van der Waals surface area contributed by atoms with Crippen molar-refractivity contribution in [2.75, 3.05) is 0 Å². The smallest absolute Gasteiger partial charge is 0.398 e. The van der Waals surface area contributed by atoms with Crippen LogP contribution in [0.3, 0.4) is 0 Å². The van der Waals surface area contributed by atoms with E-state index in [0.717, 1.165) is 66.3 Å². The van der Waals surface area contributed by atoms with Gasteiger partial charge in [-0.15, -0.1) is 0 Å². The number of aliphatic imine (C=N–C) groups is 4. The monoisotopic (exact) mass is 586 g/mol. The summed E-state index contributed by atoms with van der Waals surface area (Å²) in [5.74, 6) is 3.38. The van der Waals surface area contributed by atoms with Crippen LogP contribution in [0.15, 0.2) is 127 Å². The van der Waals surface area contributed by atoms with E-state index >= 15 is 0 Å². The molecule has 1 atom stereocenters. The number of rotatable bonds is 0. The molecule has 0 saturated heterocycles. The summed E-state index contributed by atoms with van der Waals surface area (Å²) in [6.45, 7) is 0. The summed E-state index contributed by atoms with van der Waals surface area (Å²) in [4.78, 5) is 31.3. The minimum atomic E-state index is -2.55. The van der Waals surface area contributed by atoms with Crippen molar-refractivity contribution in [2.24, 2.45) is 30.0 Å². The van der Waals surface area contributed by atoms with Crippen LogP contribution >= 0.6 is 11.6 Å². The standard InChI is InChI=1S/C33H16ClN8.Al/c34-26-25-17-9-1-2-10-18(17)27(35-25)37-29-21-13-5-6-14-22(21)31(39-29)41-33-24-16-8-7-15-23(24)32(42-33)40-30-20-12-4-3-11-19(20)28(36-26)38-30;/h1-16H;/q-2;+2. The molecule has 0 N–H and O–H groups in total. The molecule has 1 unspecified atom stereocenters. The highest BCUT2D eigenvalue weighted by molar-refractivity contribution is 6.74. The topological polar surface area (TPSA) is 84.0 Å². The van der Waals surface area contributed by atoms with E-state index in [2.05, 4.69) is 49.6 Å². The average molecular weight is 587 g/mol. The Labute approximate surface area is 252 Å². The molecule has 0 radical (unpaired) electrons. The zero-order chi connectivity index (χ0) is 28.0. The Morgan fingerprint density at radius 1 is 0.488 bits per heavy atom. The Kier molecular flexibility index (Phi) is 3.96. The number of hydrogen-bond acceptors (Lipinski definition) is 6. The minimum Gasteiger partial charge on any atom is -0.398 e. The molecule has 43 heavy (non-hydrogen) atoms. The van der Waals surface area contributed by atoms with Gasteiger partial charge < -0.3 is 7.10 Å². The molecule has 8 nitrogen and oxygen atoms in total. The molecule has 5 aliphatic rings. The van der Waals surface area contributed by atoms with Crippen LogP contribution < -0.4 is 11.0 Å². The van der Waals surface area contributed by atoms with Crippen LogP contribution in [-0.4, -0.2) is 45.0 Å². The quantitative estimate of drug-likeness (QED) is 0.140. The number of hydrogen-bond donors (Lipinski definition) is 0. The van der Waals surface area contributed by atoms with Crippen molar-refractivity contribution in [3.05, 3.63) is 136 Å². The summed E-state index contributed by atoms with van der Waals surface area (Å²) in [6, 6.07) is 32.9. The van der Waals surface area contributed by atoms with Crippen LogP contribution in [0.4, 0.5) is 5.82 Å². The zero-order valence-electron chi connectivity index (χ0n) is 22.3. The van der Waals surface area contributed by atoms with E-state index in [1.165, 1.54) is 0 Å². The number of fused-ring (bicyclic) bond motifs is 15. The van der Waals surface area contributed by atoms with E-state index in [0.29, 0.717) is 23.3 Å². The Morgan fingerprint density at radius 2 is 0.953 bits per heavy atom. The van der Waals surface area contributed by atoms with Gasteiger partial charge in [-0.05, 0) is 0 Å². The summed E-state index contributed by atoms with van der Waals surface area (Å²) >= 11 is 5.37. The summed E-state index contributed by atoms with van der Waals surface area (Å²) in [6.07, 6.45) is 0. The SMILES string of the molecule is Cl[C]12/N=C3\N=C(N=c4c5ccccc5c5[n]4[Al]1[n]1c(c4ccccc4c12)/N=C1\N=C(N=5)c2ccccc21)c1ccccc13. The van der Waals surface area contributed by atoms with Crippen LogP contribution in [0.5, 0.6) is 0 Å². The van der Waals surface area contributed by atoms with Gasteiger partial charge in [0.15, 0.2) is 27.2 Å². The fraction of sp³-hybridized carbons (Fsp3) is 0.0303. The summed E-state index contributed by atoms with van der Waals surface area (Å²) in [7, 11) is 0.